The molecule has 1 heterocycles. The average molecular weight is 359 g/mol. The van der Waals surface area contributed by atoms with E-state index in [4.69, 9.17) is 4.42 Å². The number of aryl methyl sites for hydroxylation is 1. The predicted octanol–water partition coefficient (Wildman–Crippen LogP) is 3.91. The quantitative estimate of drug-likeness (QED) is 0.900. The Morgan fingerprint density at radius 3 is 2.84 bits per heavy atom. The highest BCUT2D eigenvalue weighted by Gasteiger charge is 2.35. The minimum Gasteiger partial charge on any atom is -0.466 e. The van der Waals surface area contributed by atoms with Crippen LogP contribution in [0.15, 0.2) is 34.7 Å². The Balaban J connectivity index is 1.82. The van der Waals surface area contributed by atoms with Crippen LogP contribution in [0.25, 0.3) is 0 Å². The van der Waals surface area contributed by atoms with Crippen molar-refractivity contribution in [3.05, 3.63) is 58.5 Å². The van der Waals surface area contributed by atoms with Gasteiger partial charge < -0.3 is 9.73 Å². The largest absolute Gasteiger partial charge is 0.466 e. The summed E-state index contributed by atoms with van der Waals surface area (Å²) in [4.78, 5) is 12.8. The van der Waals surface area contributed by atoms with E-state index in [0.717, 1.165) is 35.5 Å². The number of hydrogen-bond acceptors (Lipinski definition) is 3. The Morgan fingerprint density at radius 2 is 2.12 bits per heavy atom. The summed E-state index contributed by atoms with van der Waals surface area (Å²) in [6.45, 7) is 6.34. The number of carbonyl (C=O) groups is 1. The van der Waals surface area contributed by atoms with Crippen molar-refractivity contribution in [2.45, 2.75) is 45.4 Å². The molecule has 5 heteroatoms. The van der Waals surface area contributed by atoms with E-state index in [-0.39, 0.29) is 17.4 Å². The first kappa shape index (κ1) is 17.9. The average Bonchev–Trinajstić information content (AvgIpc) is 2.85. The second-order valence-electron chi connectivity index (χ2n) is 7.72. The number of furan rings is 1. The number of nitrogens with one attached hydrogen (secondary N) is 1. The van der Waals surface area contributed by atoms with Crippen molar-refractivity contribution in [1.29, 1.82) is 0 Å². The van der Waals surface area contributed by atoms with Gasteiger partial charge in [-0.25, -0.2) is 0 Å². The van der Waals surface area contributed by atoms with Crippen molar-refractivity contribution in [2.24, 2.45) is 5.41 Å². The molecule has 0 unspecified atom stereocenters. The lowest BCUT2D eigenvalue weighted by atomic mass is 9.74. The van der Waals surface area contributed by atoms with Crippen molar-refractivity contribution in [3.8, 4) is 0 Å². The number of carbonyl (C=O) groups excluding carboxylic acids is 1. The molecular weight excluding hydrogens is 334 g/mol. The Hall–Kier alpha value is -1.88. The Labute approximate surface area is 151 Å². The van der Waals surface area contributed by atoms with Crippen LogP contribution in [0.1, 0.15) is 59.3 Å². The summed E-state index contributed by atoms with van der Waals surface area (Å²) in [6, 6.07) is 9.35. The van der Waals surface area contributed by atoms with Crippen LogP contribution >= 0.6 is 0 Å². The Morgan fingerprint density at radius 1 is 1.36 bits per heavy atom. The number of benzene rings is 1. The van der Waals surface area contributed by atoms with E-state index in [2.05, 4.69) is 19.2 Å². The summed E-state index contributed by atoms with van der Waals surface area (Å²) >= 11 is 0. The molecule has 0 saturated carbocycles. The van der Waals surface area contributed by atoms with Gasteiger partial charge >= 0.3 is 0 Å². The van der Waals surface area contributed by atoms with Crippen molar-refractivity contribution < 1.29 is 13.4 Å². The standard InChI is InChI=1S/C20H25NO3S/c1-13-8-16-17(10-20(2,3)11-18(16)24-13)21-19(22)15-7-5-6-14(9-15)12-25(4)23/h5-9,17H,10-12H2,1-4H3,(H,21,22)/t17-,25+/m1/s1. The van der Waals surface area contributed by atoms with Crippen LogP contribution in [0.3, 0.4) is 0 Å². The van der Waals surface area contributed by atoms with Crippen LogP contribution in [0.5, 0.6) is 0 Å². The summed E-state index contributed by atoms with van der Waals surface area (Å²) in [7, 11) is -0.926. The zero-order valence-electron chi connectivity index (χ0n) is 15.2. The minimum atomic E-state index is -0.926. The van der Waals surface area contributed by atoms with Crippen LogP contribution in [0.2, 0.25) is 0 Å². The molecular formula is C20H25NO3S. The topological polar surface area (TPSA) is 59.3 Å². The highest BCUT2D eigenvalue weighted by Crippen LogP contribution is 2.42. The first-order chi connectivity index (χ1) is 11.7. The molecule has 1 aliphatic rings. The molecule has 1 N–H and O–H groups in total. The summed E-state index contributed by atoms with van der Waals surface area (Å²) in [5.41, 5.74) is 2.69. The SMILES string of the molecule is Cc1cc2c(o1)CC(C)(C)C[C@H]2NC(=O)c1cccc(C[S@](C)=O)c1. The maximum absolute atomic E-state index is 12.8. The van der Waals surface area contributed by atoms with Crippen molar-refractivity contribution in [1.82, 2.24) is 5.32 Å². The molecule has 4 nitrogen and oxygen atoms in total. The van der Waals surface area contributed by atoms with E-state index in [0.29, 0.717) is 11.3 Å². The van der Waals surface area contributed by atoms with Crippen LogP contribution in [-0.4, -0.2) is 16.4 Å². The van der Waals surface area contributed by atoms with Gasteiger partial charge in [0.25, 0.3) is 5.91 Å². The van der Waals surface area contributed by atoms with Gasteiger partial charge in [0.2, 0.25) is 0 Å². The summed E-state index contributed by atoms with van der Waals surface area (Å²) in [6.07, 6.45) is 3.43. The Bertz CT molecular complexity index is 822. The highest BCUT2D eigenvalue weighted by molar-refractivity contribution is 7.83. The van der Waals surface area contributed by atoms with E-state index in [1.807, 2.05) is 31.2 Å². The molecule has 1 aromatic carbocycles. The van der Waals surface area contributed by atoms with Gasteiger partial charge in [0.15, 0.2) is 0 Å². The second-order valence-corrected chi connectivity index (χ2v) is 9.16. The first-order valence-electron chi connectivity index (χ1n) is 8.52. The third-order valence-corrected chi connectivity index (χ3v) is 5.34. The van der Waals surface area contributed by atoms with Crippen molar-refractivity contribution in [3.63, 3.8) is 0 Å². The lowest BCUT2D eigenvalue weighted by Crippen LogP contribution is -2.36. The third-order valence-electron chi connectivity index (χ3n) is 4.60. The molecule has 1 amide bonds. The van der Waals surface area contributed by atoms with Gasteiger partial charge in [-0.2, -0.15) is 0 Å². The van der Waals surface area contributed by atoms with Crippen LogP contribution in [-0.2, 0) is 23.0 Å². The molecule has 3 rings (SSSR count). The smallest absolute Gasteiger partial charge is 0.251 e. The molecule has 0 spiro atoms. The second kappa shape index (κ2) is 6.79. The molecule has 1 aromatic heterocycles. The van der Waals surface area contributed by atoms with E-state index in [9.17, 15) is 9.00 Å². The third kappa shape index (κ3) is 4.21. The first-order valence-corrected chi connectivity index (χ1v) is 10.3. The predicted molar refractivity (Wildman–Crippen MR) is 100.0 cm³/mol. The van der Waals surface area contributed by atoms with Crippen molar-refractivity contribution in [2.75, 3.05) is 6.26 Å². The van der Waals surface area contributed by atoms with Gasteiger partial charge in [-0.05, 0) is 42.5 Å². The number of hydrogen-bond donors (Lipinski definition) is 1. The lowest BCUT2D eigenvalue weighted by molar-refractivity contribution is 0.0917. The maximum atomic E-state index is 12.8. The zero-order valence-corrected chi connectivity index (χ0v) is 16.0. The van der Waals surface area contributed by atoms with E-state index < -0.39 is 10.8 Å². The molecule has 1 aliphatic carbocycles. The summed E-state index contributed by atoms with van der Waals surface area (Å²) in [5, 5.41) is 3.17. The zero-order chi connectivity index (χ0) is 18.2. The normalized spacial score (nSPS) is 19.9. The highest BCUT2D eigenvalue weighted by atomic mass is 32.2. The lowest BCUT2D eigenvalue weighted by Gasteiger charge is -2.34. The molecule has 2 atom stereocenters. The van der Waals surface area contributed by atoms with Gasteiger partial charge in [-0.15, -0.1) is 0 Å². The molecule has 0 bridgehead atoms. The number of rotatable bonds is 4. The Kier molecular flexibility index (Phi) is 4.87. The van der Waals surface area contributed by atoms with Crippen molar-refractivity contribution >= 4 is 16.7 Å². The monoisotopic (exact) mass is 359 g/mol. The molecule has 0 aliphatic heterocycles. The van der Waals surface area contributed by atoms with E-state index >= 15 is 0 Å². The van der Waals surface area contributed by atoms with Crippen LogP contribution in [0.4, 0.5) is 0 Å². The molecule has 0 radical (unpaired) electrons. The maximum Gasteiger partial charge on any atom is 0.251 e. The number of fused-ring (bicyclic) bond motifs is 1. The summed E-state index contributed by atoms with van der Waals surface area (Å²) in [5.74, 6) is 2.22. The fraction of sp³-hybridized carbons (Fsp3) is 0.450. The van der Waals surface area contributed by atoms with Crippen LogP contribution in [0, 0.1) is 12.3 Å². The fourth-order valence-corrected chi connectivity index (χ4v) is 4.24. The van der Waals surface area contributed by atoms with Gasteiger partial charge in [0, 0.05) is 40.4 Å². The fourth-order valence-electron chi connectivity index (χ4n) is 3.59. The van der Waals surface area contributed by atoms with Gasteiger partial charge in [-0.1, -0.05) is 26.0 Å². The van der Waals surface area contributed by atoms with Gasteiger partial charge in [-0.3, -0.25) is 9.00 Å². The van der Waals surface area contributed by atoms with Crippen LogP contribution < -0.4 is 5.32 Å². The molecule has 25 heavy (non-hydrogen) atoms. The minimum absolute atomic E-state index is 0.0485. The summed E-state index contributed by atoms with van der Waals surface area (Å²) < 4.78 is 17.3. The molecule has 2 aromatic rings. The number of amides is 1. The van der Waals surface area contributed by atoms with Gasteiger partial charge in [0.1, 0.15) is 11.5 Å². The molecule has 134 valence electrons. The molecule has 0 saturated heterocycles. The van der Waals surface area contributed by atoms with E-state index in [1.54, 1.807) is 12.3 Å². The van der Waals surface area contributed by atoms with Gasteiger partial charge in [0.05, 0.1) is 6.04 Å². The van der Waals surface area contributed by atoms with E-state index in [1.165, 1.54) is 0 Å². The molecule has 0 fully saturated rings.